The highest BCUT2D eigenvalue weighted by Crippen LogP contribution is 1.95. The van der Waals surface area contributed by atoms with Gasteiger partial charge < -0.3 is 31.1 Å². The Bertz CT molecular complexity index is 413. The van der Waals surface area contributed by atoms with Crippen LogP contribution in [0.4, 0.5) is 0 Å². The maximum Gasteiger partial charge on any atom is 0.244 e. The molecular formula is C20H40N4O6. The number of hydrogen-bond acceptors (Lipinski definition) is 8. The Morgan fingerprint density at radius 1 is 0.567 bits per heavy atom. The van der Waals surface area contributed by atoms with E-state index in [2.05, 4.69) is 10.6 Å². The van der Waals surface area contributed by atoms with Gasteiger partial charge in [-0.3, -0.25) is 19.4 Å². The number of aliphatic hydroxyl groups is 4. The lowest BCUT2D eigenvalue weighted by Crippen LogP contribution is -2.31. The molecule has 2 amide bonds. The SMILES string of the molecule is O=C(/C=C/C(=O)NCCCCN(CCO)CCO)NCCCCN(CCO)CCO. The van der Waals surface area contributed by atoms with Crippen LogP contribution >= 0.6 is 0 Å². The summed E-state index contributed by atoms with van der Waals surface area (Å²) < 4.78 is 0. The summed E-state index contributed by atoms with van der Waals surface area (Å²) in [4.78, 5) is 27.4. The molecule has 0 aliphatic heterocycles. The molecule has 0 radical (unpaired) electrons. The zero-order valence-corrected chi connectivity index (χ0v) is 18.0. The van der Waals surface area contributed by atoms with E-state index >= 15 is 0 Å². The van der Waals surface area contributed by atoms with Gasteiger partial charge >= 0.3 is 0 Å². The molecule has 0 aromatic rings. The maximum atomic E-state index is 11.7. The molecule has 0 fully saturated rings. The molecule has 0 aliphatic carbocycles. The molecule has 0 rings (SSSR count). The van der Waals surface area contributed by atoms with E-state index in [9.17, 15) is 9.59 Å². The summed E-state index contributed by atoms with van der Waals surface area (Å²) >= 11 is 0. The summed E-state index contributed by atoms with van der Waals surface area (Å²) in [6, 6.07) is 0. The minimum Gasteiger partial charge on any atom is -0.395 e. The fourth-order valence-electron chi connectivity index (χ4n) is 2.85. The highest BCUT2D eigenvalue weighted by atomic mass is 16.3. The van der Waals surface area contributed by atoms with E-state index in [4.69, 9.17) is 20.4 Å². The standard InChI is InChI=1S/C20H40N4O6/c25-15-11-23(12-16-26)9-3-1-7-21-19(29)5-6-20(30)22-8-2-4-10-24(13-17-27)14-18-28/h5-6,25-28H,1-4,7-18H2,(H,21,29)(H,22,30)/b6-5+. The second kappa shape index (κ2) is 20.7. The van der Waals surface area contributed by atoms with Gasteiger partial charge in [0.25, 0.3) is 0 Å². The Balaban J connectivity index is 3.79. The molecule has 0 aliphatic rings. The van der Waals surface area contributed by atoms with Crippen molar-refractivity contribution in [2.24, 2.45) is 0 Å². The van der Waals surface area contributed by atoms with Crippen LogP contribution < -0.4 is 10.6 Å². The lowest BCUT2D eigenvalue weighted by atomic mass is 10.2. The Kier molecular flexibility index (Phi) is 19.6. The lowest BCUT2D eigenvalue weighted by Gasteiger charge is -2.19. The van der Waals surface area contributed by atoms with Crippen LogP contribution in [0.3, 0.4) is 0 Å². The number of rotatable bonds is 20. The number of amides is 2. The van der Waals surface area contributed by atoms with Gasteiger partial charge in [-0.15, -0.1) is 0 Å². The van der Waals surface area contributed by atoms with Crippen LogP contribution in [0.2, 0.25) is 0 Å². The zero-order valence-electron chi connectivity index (χ0n) is 18.0. The average Bonchev–Trinajstić information content (AvgIpc) is 2.72. The summed E-state index contributed by atoms with van der Waals surface area (Å²) in [6.07, 6.45) is 5.62. The molecule has 0 heterocycles. The predicted molar refractivity (Wildman–Crippen MR) is 115 cm³/mol. The average molecular weight is 433 g/mol. The van der Waals surface area contributed by atoms with E-state index < -0.39 is 0 Å². The first-order valence-electron chi connectivity index (χ1n) is 10.7. The highest BCUT2D eigenvalue weighted by molar-refractivity contribution is 5.96. The Morgan fingerprint density at radius 2 is 0.900 bits per heavy atom. The zero-order chi connectivity index (χ0) is 22.5. The largest absolute Gasteiger partial charge is 0.395 e. The monoisotopic (exact) mass is 432 g/mol. The van der Waals surface area contributed by atoms with Gasteiger partial charge in [-0.1, -0.05) is 0 Å². The van der Waals surface area contributed by atoms with Gasteiger partial charge in [0.15, 0.2) is 0 Å². The molecule has 0 atom stereocenters. The summed E-state index contributed by atoms with van der Waals surface area (Å²) in [5.74, 6) is -0.646. The first-order valence-corrected chi connectivity index (χ1v) is 10.7. The van der Waals surface area contributed by atoms with Crippen LogP contribution in [-0.4, -0.2) is 121 Å². The van der Waals surface area contributed by atoms with Gasteiger partial charge in [0.2, 0.25) is 11.8 Å². The smallest absolute Gasteiger partial charge is 0.244 e. The molecule has 0 spiro atoms. The molecule has 0 aromatic carbocycles. The molecule has 0 saturated heterocycles. The number of carbonyl (C=O) groups is 2. The Hall–Kier alpha value is -1.56. The third-order valence-electron chi connectivity index (χ3n) is 4.45. The molecule has 6 N–H and O–H groups in total. The van der Waals surface area contributed by atoms with Crippen LogP contribution in [-0.2, 0) is 9.59 Å². The van der Waals surface area contributed by atoms with Crippen molar-refractivity contribution in [1.82, 2.24) is 20.4 Å². The number of carbonyl (C=O) groups excluding carboxylic acids is 2. The van der Waals surface area contributed by atoms with Crippen molar-refractivity contribution in [2.45, 2.75) is 25.7 Å². The van der Waals surface area contributed by atoms with Crippen molar-refractivity contribution in [3.63, 3.8) is 0 Å². The van der Waals surface area contributed by atoms with Crippen LogP contribution in [0.1, 0.15) is 25.7 Å². The quantitative estimate of drug-likeness (QED) is 0.0949. The van der Waals surface area contributed by atoms with E-state index in [-0.39, 0.29) is 38.2 Å². The van der Waals surface area contributed by atoms with E-state index in [1.807, 2.05) is 9.80 Å². The predicted octanol–water partition coefficient (Wildman–Crippen LogP) is -2.09. The maximum absolute atomic E-state index is 11.7. The van der Waals surface area contributed by atoms with Gasteiger partial charge in [-0.25, -0.2) is 0 Å². The molecular weight excluding hydrogens is 392 g/mol. The van der Waals surface area contributed by atoms with Gasteiger partial charge in [0.05, 0.1) is 26.4 Å². The van der Waals surface area contributed by atoms with Crippen molar-refractivity contribution >= 4 is 11.8 Å². The van der Waals surface area contributed by atoms with Crippen LogP contribution in [0, 0.1) is 0 Å². The fraction of sp³-hybridized carbons (Fsp3) is 0.800. The van der Waals surface area contributed by atoms with Crippen molar-refractivity contribution in [2.75, 3.05) is 78.8 Å². The van der Waals surface area contributed by atoms with Gasteiger partial charge in [0.1, 0.15) is 0 Å². The van der Waals surface area contributed by atoms with Crippen molar-refractivity contribution in [3.05, 3.63) is 12.2 Å². The van der Waals surface area contributed by atoms with Gasteiger partial charge in [-0.05, 0) is 38.8 Å². The molecule has 0 saturated carbocycles. The van der Waals surface area contributed by atoms with Gasteiger partial charge in [0, 0.05) is 51.4 Å². The van der Waals surface area contributed by atoms with Gasteiger partial charge in [-0.2, -0.15) is 0 Å². The van der Waals surface area contributed by atoms with Crippen molar-refractivity contribution in [3.8, 4) is 0 Å². The van der Waals surface area contributed by atoms with Crippen LogP contribution in [0.5, 0.6) is 0 Å². The van der Waals surface area contributed by atoms with E-state index in [0.29, 0.717) is 39.3 Å². The number of nitrogens with one attached hydrogen (secondary N) is 2. The Labute approximate surface area is 179 Å². The minimum atomic E-state index is -0.323. The topological polar surface area (TPSA) is 146 Å². The molecule has 0 bridgehead atoms. The van der Waals surface area contributed by atoms with E-state index in [0.717, 1.165) is 38.8 Å². The summed E-state index contributed by atoms with van der Waals surface area (Å²) in [5, 5.41) is 41.2. The van der Waals surface area contributed by atoms with Crippen LogP contribution in [0.25, 0.3) is 0 Å². The first kappa shape index (κ1) is 28.4. The highest BCUT2D eigenvalue weighted by Gasteiger charge is 2.04. The lowest BCUT2D eigenvalue weighted by molar-refractivity contribution is -0.118. The number of hydrogen-bond donors (Lipinski definition) is 6. The molecule has 10 nitrogen and oxygen atoms in total. The number of nitrogens with zero attached hydrogens (tertiary/aromatic N) is 2. The summed E-state index contributed by atoms with van der Waals surface area (Å²) in [7, 11) is 0. The number of unbranched alkanes of at least 4 members (excludes halogenated alkanes) is 2. The fourth-order valence-corrected chi connectivity index (χ4v) is 2.85. The van der Waals surface area contributed by atoms with Crippen molar-refractivity contribution in [1.29, 1.82) is 0 Å². The second-order valence-electron chi connectivity index (χ2n) is 6.91. The molecule has 10 heteroatoms. The normalized spacial score (nSPS) is 11.5. The first-order chi connectivity index (χ1) is 14.6. The molecule has 0 aromatic heterocycles. The third kappa shape index (κ3) is 17.3. The third-order valence-corrected chi connectivity index (χ3v) is 4.45. The molecule has 176 valence electrons. The molecule has 30 heavy (non-hydrogen) atoms. The van der Waals surface area contributed by atoms with Crippen LogP contribution in [0.15, 0.2) is 12.2 Å². The second-order valence-corrected chi connectivity index (χ2v) is 6.91. The van der Waals surface area contributed by atoms with E-state index in [1.54, 1.807) is 0 Å². The summed E-state index contributed by atoms with van der Waals surface area (Å²) in [5.41, 5.74) is 0. The minimum absolute atomic E-state index is 0.0511. The molecule has 0 unspecified atom stereocenters. The Morgan fingerprint density at radius 3 is 1.20 bits per heavy atom. The number of aliphatic hydroxyl groups excluding tert-OH is 4. The summed E-state index contributed by atoms with van der Waals surface area (Å²) in [6.45, 7) is 4.77. The van der Waals surface area contributed by atoms with Crippen molar-refractivity contribution < 1.29 is 30.0 Å². The van der Waals surface area contributed by atoms with E-state index in [1.165, 1.54) is 12.2 Å².